The van der Waals surface area contributed by atoms with E-state index in [1.165, 1.54) is 5.56 Å². The summed E-state index contributed by atoms with van der Waals surface area (Å²) in [5.41, 5.74) is 11.5. The molecule has 0 heterocycles. The zero-order valence-corrected chi connectivity index (χ0v) is 12.5. The van der Waals surface area contributed by atoms with Gasteiger partial charge in [0, 0.05) is 5.56 Å². The maximum Gasteiger partial charge on any atom is 0.131 e. The molecule has 0 atom stereocenters. The Bertz CT molecular complexity index is 787. The summed E-state index contributed by atoms with van der Waals surface area (Å²) in [5.74, 6) is 0.530. The van der Waals surface area contributed by atoms with Gasteiger partial charge in [-0.15, -0.1) is 0 Å². The Hall–Kier alpha value is -2.87. The van der Waals surface area contributed by atoms with E-state index in [4.69, 9.17) is 5.73 Å². The summed E-state index contributed by atoms with van der Waals surface area (Å²) in [6, 6.07) is 26.3. The summed E-state index contributed by atoms with van der Waals surface area (Å²) in [4.78, 5) is 4.53. The van der Waals surface area contributed by atoms with Crippen LogP contribution in [0.1, 0.15) is 11.1 Å². The van der Waals surface area contributed by atoms with Gasteiger partial charge in [-0.3, -0.25) is 0 Å². The zero-order valence-electron chi connectivity index (χ0n) is 12.5. The average molecular weight is 286 g/mol. The number of hydrogen-bond acceptors (Lipinski definition) is 1. The van der Waals surface area contributed by atoms with E-state index < -0.39 is 0 Å². The molecule has 2 N–H and O–H groups in total. The maximum atomic E-state index is 6.25. The van der Waals surface area contributed by atoms with Gasteiger partial charge in [-0.25, -0.2) is 4.99 Å². The summed E-state index contributed by atoms with van der Waals surface area (Å²) in [6.45, 7) is 2.08. The van der Waals surface area contributed by atoms with Gasteiger partial charge < -0.3 is 5.73 Å². The number of nitrogens with zero attached hydrogens (tertiary/aromatic N) is 1. The van der Waals surface area contributed by atoms with Gasteiger partial charge in [0.05, 0.1) is 5.69 Å². The lowest BCUT2D eigenvalue weighted by Crippen LogP contribution is -2.14. The molecule has 0 unspecified atom stereocenters. The van der Waals surface area contributed by atoms with Crippen molar-refractivity contribution >= 4 is 11.5 Å². The molecule has 0 radical (unpaired) electrons. The van der Waals surface area contributed by atoms with E-state index in [0.717, 1.165) is 22.4 Å². The maximum absolute atomic E-state index is 6.25. The Labute approximate surface area is 131 Å². The smallest absolute Gasteiger partial charge is 0.131 e. The Morgan fingerprint density at radius 1 is 0.773 bits per heavy atom. The van der Waals surface area contributed by atoms with Gasteiger partial charge in [-0.1, -0.05) is 72.3 Å². The fourth-order valence-corrected chi connectivity index (χ4v) is 2.39. The summed E-state index contributed by atoms with van der Waals surface area (Å²) >= 11 is 0. The Morgan fingerprint density at radius 2 is 1.41 bits per heavy atom. The highest BCUT2D eigenvalue weighted by Crippen LogP contribution is 2.24. The van der Waals surface area contributed by atoms with Crippen molar-refractivity contribution in [1.82, 2.24) is 0 Å². The van der Waals surface area contributed by atoms with Crippen molar-refractivity contribution in [1.29, 1.82) is 0 Å². The van der Waals surface area contributed by atoms with Crippen LogP contribution in [0.15, 0.2) is 83.9 Å². The number of aryl methyl sites for hydroxylation is 1. The number of rotatable bonds is 3. The first-order chi connectivity index (χ1) is 10.7. The number of hydrogen-bond donors (Lipinski definition) is 1. The number of para-hydroxylation sites is 1. The number of benzene rings is 3. The molecule has 0 aliphatic heterocycles. The summed E-state index contributed by atoms with van der Waals surface area (Å²) < 4.78 is 0. The van der Waals surface area contributed by atoms with Crippen molar-refractivity contribution in [2.24, 2.45) is 10.7 Å². The molecular weight excluding hydrogens is 268 g/mol. The average Bonchev–Trinajstić information content (AvgIpc) is 2.56. The van der Waals surface area contributed by atoms with E-state index in [0.29, 0.717) is 5.84 Å². The summed E-state index contributed by atoms with van der Waals surface area (Å²) in [6.07, 6.45) is 0. The quantitative estimate of drug-likeness (QED) is 0.550. The van der Waals surface area contributed by atoms with E-state index in [1.54, 1.807) is 0 Å². The minimum Gasteiger partial charge on any atom is -0.383 e. The highest BCUT2D eigenvalue weighted by molar-refractivity contribution is 6.04. The molecule has 3 aromatic carbocycles. The lowest BCUT2D eigenvalue weighted by Gasteiger charge is -2.10. The number of aliphatic imine (C=N–C) groups is 1. The molecule has 0 bridgehead atoms. The van der Waals surface area contributed by atoms with Crippen LogP contribution >= 0.6 is 0 Å². The van der Waals surface area contributed by atoms with Crippen molar-refractivity contribution < 1.29 is 0 Å². The highest BCUT2D eigenvalue weighted by atomic mass is 14.9. The van der Waals surface area contributed by atoms with Crippen molar-refractivity contribution in [3.05, 3.63) is 90.0 Å². The van der Waals surface area contributed by atoms with Gasteiger partial charge in [0.25, 0.3) is 0 Å². The van der Waals surface area contributed by atoms with Crippen molar-refractivity contribution in [2.45, 2.75) is 6.92 Å². The molecule has 2 nitrogen and oxygen atoms in total. The van der Waals surface area contributed by atoms with Gasteiger partial charge in [0.15, 0.2) is 0 Å². The Morgan fingerprint density at radius 3 is 2.14 bits per heavy atom. The van der Waals surface area contributed by atoms with Crippen LogP contribution in [0, 0.1) is 6.92 Å². The largest absolute Gasteiger partial charge is 0.383 e. The second-order valence-corrected chi connectivity index (χ2v) is 5.24. The molecule has 0 aliphatic rings. The third-order valence-electron chi connectivity index (χ3n) is 3.57. The normalized spacial score (nSPS) is 11.4. The SMILES string of the molecule is Cc1ccc(-c2ccccc2C(N)=Nc2ccccc2)cc1. The molecule has 0 aliphatic carbocycles. The molecule has 0 spiro atoms. The Kier molecular flexibility index (Phi) is 4.01. The van der Waals surface area contributed by atoms with E-state index in [2.05, 4.69) is 42.2 Å². The van der Waals surface area contributed by atoms with Crippen LogP contribution in [0.4, 0.5) is 5.69 Å². The third kappa shape index (κ3) is 3.07. The second-order valence-electron chi connectivity index (χ2n) is 5.24. The van der Waals surface area contributed by atoms with Crippen molar-refractivity contribution in [3.8, 4) is 11.1 Å². The third-order valence-corrected chi connectivity index (χ3v) is 3.57. The molecule has 0 aromatic heterocycles. The Balaban J connectivity index is 2.05. The lowest BCUT2D eigenvalue weighted by molar-refractivity contribution is 1.44. The monoisotopic (exact) mass is 286 g/mol. The molecule has 22 heavy (non-hydrogen) atoms. The zero-order chi connectivity index (χ0) is 15.4. The van der Waals surface area contributed by atoms with Gasteiger partial charge in [0.1, 0.15) is 5.84 Å². The van der Waals surface area contributed by atoms with Gasteiger partial charge in [0.2, 0.25) is 0 Å². The first-order valence-corrected chi connectivity index (χ1v) is 7.30. The lowest BCUT2D eigenvalue weighted by atomic mass is 9.98. The number of amidine groups is 1. The first kappa shape index (κ1) is 14.1. The van der Waals surface area contributed by atoms with Crippen LogP contribution in [0.2, 0.25) is 0 Å². The predicted molar refractivity (Wildman–Crippen MR) is 93.4 cm³/mol. The molecule has 0 saturated carbocycles. The van der Waals surface area contributed by atoms with Crippen molar-refractivity contribution in [2.75, 3.05) is 0 Å². The number of nitrogens with two attached hydrogens (primary N) is 1. The van der Waals surface area contributed by atoms with Crippen LogP contribution in [-0.4, -0.2) is 5.84 Å². The molecule has 2 heteroatoms. The fraction of sp³-hybridized carbons (Fsp3) is 0.0500. The van der Waals surface area contributed by atoms with E-state index in [9.17, 15) is 0 Å². The van der Waals surface area contributed by atoms with Crippen LogP contribution in [0.25, 0.3) is 11.1 Å². The van der Waals surface area contributed by atoms with E-state index in [1.807, 2.05) is 48.5 Å². The van der Waals surface area contributed by atoms with Gasteiger partial charge in [-0.05, 0) is 30.2 Å². The van der Waals surface area contributed by atoms with Crippen LogP contribution < -0.4 is 5.73 Å². The van der Waals surface area contributed by atoms with Gasteiger partial charge >= 0.3 is 0 Å². The second kappa shape index (κ2) is 6.27. The minimum atomic E-state index is 0.530. The fourth-order valence-electron chi connectivity index (χ4n) is 2.39. The summed E-state index contributed by atoms with van der Waals surface area (Å²) in [7, 11) is 0. The van der Waals surface area contributed by atoms with Crippen LogP contribution in [0.3, 0.4) is 0 Å². The van der Waals surface area contributed by atoms with Gasteiger partial charge in [-0.2, -0.15) is 0 Å². The molecule has 108 valence electrons. The molecule has 0 saturated heterocycles. The minimum absolute atomic E-state index is 0.530. The predicted octanol–water partition coefficient (Wildman–Crippen LogP) is 4.70. The van der Waals surface area contributed by atoms with Crippen LogP contribution in [-0.2, 0) is 0 Å². The molecule has 0 fully saturated rings. The van der Waals surface area contributed by atoms with Crippen LogP contribution in [0.5, 0.6) is 0 Å². The topological polar surface area (TPSA) is 38.4 Å². The molecule has 0 amide bonds. The summed E-state index contributed by atoms with van der Waals surface area (Å²) in [5, 5.41) is 0. The van der Waals surface area contributed by atoms with E-state index in [-0.39, 0.29) is 0 Å². The van der Waals surface area contributed by atoms with Crippen molar-refractivity contribution in [3.63, 3.8) is 0 Å². The standard InChI is InChI=1S/C20H18N2/c1-15-11-13-16(14-12-15)18-9-5-6-10-19(18)20(21)22-17-7-3-2-4-8-17/h2-14H,1H3,(H2,21,22). The first-order valence-electron chi connectivity index (χ1n) is 7.30. The highest BCUT2D eigenvalue weighted by Gasteiger charge is 2.08. The molecule has 3 rings (SSSR count). The van der Waals surface area contributed by atoms with E-state index >= 15 is 0 Å². The molecular formula is C20H18N2. The molecule has 3 aromatic rings.